The highest BCUT2D eigenvalue weighted by atomic mass is 19.2. The van der Waals surface area contributed by atoms with Gasteiger partial charge in [0.05, 0.1) is 0 Å². The van der Waals surface area contributed by atoms with Crippen LogP contribution in [-0.2, 0) is 6.54 Å². The molecule has 0 saturated heterocycles. The van der Waals surface area contributed by atoms with Crippen molar-refractivity contribution in [1.29, 1.82) is 0 Å². The SMILES string of the molecule is NCCCCn1nnnc1-c1ccc(F)c(F)c1. The highest BCUT2D eigenvalue weighted by Crippen LogP contribution is 2.18. The van der Waals surface area contributed by atoms with Crippen LogP contribution in [0.3, 0.4) is 0 Å². The van der Waals surface area contributed by atoms with Crippen molar-refractivity contribution >= 4 is 0 Å². The quantitative estimate of drug-likeness (QED) is 0.817. The summed E-state index contributed by atoms with van der Waals surface area (Å²) >= 11 is 0. The largest absolute Gasteiger partial charge is 0.330 e. The molecule has 96 valence electrons. The zero-order valence-electron chi connectivity index (χ0n) is 9.68. The average Bonchev–Trinajstić information content (AvgIpc) is 2.81. The van der Waals surface area contributed by atoms with Gasteiger partial charge in [0, 0.05) is 12.1 Å². The van der Waals surface area contributed by atoms with E-state index in [1.54, 1.807) is 4.68 Å². The molecule has 1 aromatic carbocycles. The molecule has 5 nitrogen and oxygen atoms in total. The monoisotopic (exact) mass is 253 g/mol. The molecule has 0 aliphatic carbocycles. The first-order valence-corrected chi connectivity index (χ1v) is 5.64. The third-order valence-electron chi connectivity index (χ3n) is 2.53. The Morgan fingerprint density at radius 3 is 2.72 bits per heavy atom. The van der Waals surface area contributed by atoms with E-state index < -0.39 is 11.6 Å². The van der Waals surface area contributed by atoms with Crippen molar-refractivity contribution < 1.29 is 8.78 Å². The maximum absolute atomic E-state index is 13.1. The van der Waals surface area contributed by atoms with Crippen molar-refractivity contribution in [3.05, 3.63) is 29.8 Å². The fourth-order valence-electron chi connectivity index (χ4n) is 1.60. The van der Waals surface area contributed by atoms with Crippen LogP contribution >= 0.6 is 0 Å². The molecule has 0 spiro atoms. The lowest BCUT2D eigenvalue weighted by atomic mass is 10.2. The molecule has 2 N–H and O–H groups in total. The molecule has 0 aliphatic rings. The van der Waals surface area contributed by atoms with Gasteiger partial charge in [-0.25, -0.2) is 13.5 Å². The standard InChI is InChI=1S/C11H13F2N5/c12-9-4-3-8(7-10(9)13)11-15-16-17-18(11)6-2-1-5-14/h3-4,7H,1-2,5-6,14H2. The predicted molar refractivity (Wildman–Crippen MR) is 61.5 cm³/mol. The second kappa shape index (κ2) is 5.63. The van der Waals surface area contributed by atoms with E-state index in [9.17, 15) is 8.78 Å². The lowest BCUT2D eigenvalue weighted by Crippen LogP contribution is -2.06. The molecule has 0 aliphatic heterocycles. The van der Waals surface area contributed by atoms with E-state index in [1.165, 1.54) is 6.07 Å². The Hall–Kier alpha value is -1.89. The van der Waals surface area contributed by atoms with Crippen molar-refractivity contribution in [3.8, 4) is 11.4 Å². The number of hydrogen-bond acceptors (Lipinski definition) is 4. The van der Waals surface area contributed by atoms with Crippen molar-refractivity contribution in [2.75, 3.05) is 6.54 Å². The third-order valence-corrected chi connectivity index (χ3v) is 2.53. The number of nitrogens with zero attached hydrogens (tertiary/aromatic N) is 4. The van der Waals surface area contributed by atoms with Crippen LogP contribution in [0.5, 0.6) is 0 Å². The minimum atomic E-state index is -0.913. The maximum atomic E-state index is 13.1. The van der Waals surface area contributed by atoms with Gasteiger partial charge >= 0.3 is 0 Å². The Bertz CT molecular complexity index is 526. The lowest BCUT2D eigenvalue weighted by Gasteiger charge is -2.04. The molecule has 0 fully saturated rings. The minimum Gasteiger partial charge on any atom is -0.330 e. The molecule has 0 unspecified atom stereocenters. The van der Waals surface area contributed by atoms with Gasteiger partial charge in [-0.2, -0.15) is 0 Å². The van der Waals surface area contributed by atoms with Gasteiger partial charge in [0.2, 0.25) is 0 Å². The summed E-state index contributed by atoms with van der Waals surface area (Å²) in [6.07, 6.45) is 1.69. The summed E-state index contributed by atoms with van der Waals surface area (Å²) in [7, 11) is 0. The Labute approximate surface area is 103 Å². The smallest absolute Gasteiger partial charge is 0.182 e. The first kappa shape index (κ1) is 12.6. The number of hydrogen-bond donors (Lipinski definition) is 1. The normalized spacial score (nSPS) is 10.8. The van der Waals surface area contributed by atoms with Crippen LogP contribution in [0.15, 0.2) is 18.2 Å². The molecule has 1 heterocycles. The highest BCUT2D eigenvalue weighted by molar-refractivity contribution is 5.54. The number of tetrazole rings is 1. The molecular formula is C11H13F2N5. The van der Waals surface area contributed by atoms with E-state index in [2.05, 4.69) is 15.5 Å². The third kappa shape index (κ3) is 2.67. The van der Waals surface area contributed by atoms with Gasteiger partial charge < -0.3 is 5.73 Å². The second-order valence-corrected chi connectivity index (χ2v) is 3.85. The van der Waals surface area contributed by atoms with Gasteiger partial charge in [0.1, 0.15) is 0 Å². The molecule has 7 heteroatoms. The van der Waals surface area contributed by atoms with Crippen molar-refractivity contribution in [2.45, 2.75) is 19.4 Å². The van der Waals surface area contributed by atoms with Crippen LogP contribution in [0.1, 0.15) is 12.8 Å². The fraction of sp³-hybridized carbons (Fsp3) is 0.364. The number of rotatable bonds is 5. The topological polar surface area (TPSA) is 69.6 Å². The Balaban J connectivity index is 2.22. The molecule has 2 aromatic rings. The lowest BCUT2D eigenvalue weighted by molar-refractivity contribution is 0.508. The molecule has 0 amide bonds. The number of unbranched alkanes of at least 4 members (excludes halogenated alkanes) is 1. The summed E-state index contributed by atoms with van der Waals surface area (Å²) in [5.41, 5.74) is 5.85. The molecule has 0 bridgehead atoms. The van der Waals surface area contributed by atoms with E-state index >= 15 is 0 Å². The number of halogens is 2. The fourth-order valence-corrected chi connectivity index (χ4v) is 1.60. The van der Waals surface area contributed by atoms with E-state index in [0.29, 0.717) is 24.5 Å². The van der Waals surface area contributed by atoms with Crippen LogP contribution in [0.25, 0.3) is 11.4 Å². The summed E-state index contributed by atoms with van der Waals surface area (Å²) in [4.78, 5) is 0. The number of aryl methyl sites for hydroxylation is 1. The average molecular weight is 253 g/mol. The van der Waals surface area contributed by atoms with E-state index in [4.69, 9.17) is 5.73 Å². The molecular weight excluding hydrogens is 240 g/mol. The first-order valence-electron chi connectivity index (χ1n) is 5.64. The molecule has 0 radical (unpaired) electrons. The summed E-state index contributed by atoms with van der Waals surface area (Å²) in [6.45, 7) is 1.20. The Morgan fingerprint density at radius 2 is 2.00 bits per heavy atom. The molecule has 0 atom stereocenters. The van der Waals surface area contributed by atoms with E-state index in [-0.39, 0.29) is 0 Å². The Morgan fingerprint density at radius 1 is 1.17 bits per heavy atom. The van der Waals surface area contributed by atoms with E-state index in [0.717, 1.165) is 25.0 Å². The maximum Gasteiger partial charge on any atom is 0.182 e. The number of benzene rings is 1. The predicted octanol–water partition coefficient (Wildman–Crippen LogP) is 1.36. The highest BCUT2D eigenvalue weighted by Gasteiger charge is 2.11. The van der Waals surface area contributed by atoms with Crippen LogP contribution in [0, 0.1) is 11.6 Å². The molecule has 0 saturated carbocycles. The Kier molecular flexibility index (Phi) is 3.93. The summed E-state index contributed by atoms with van der Waals surface area (Å²) in [6, 6.07) is 3.59. The van der Waals surface area contributed by atoms with Crippen LogP contribution in [0.2, 0.25) is 0 Å². The number of aromatic nitrogens is 4. The summed E-state index contributed by atoms with van der Waals surface area (Å²) < 4.78 is 27.5. The second-order valence-electron chi connectivity index (χ2n) is 3.85. The first-order chi connectivity index (χ1) is 8.72. The van der Waals surface area contributed by atoms with Crippen LogP contribution in [-0.4, -0.2) is 26.8 Å². The number of nitrogens with two attached hydrogens (primary N) is 1. The summed E-state index contributed by atoms with van der Waals surface area (Å²) in [5.74, 6) is -1.38. The van der Waals surface area contributed by atoms with Gasteiger partial charge in [-0.05, 0) is 48.0 Å². The zero-order valence-corrected chi connectivity index (χ0v) is 9.68. The molecule has 2 rings (SSSR count). The molecule has 18 heavy (non-hydrogen) atoms. The van der Waals surface area contributed by atoms with E-state index in [1.807, 2.05) is 0 Å². The van der Waals surface area contributed by atoms with Gasteiger partial charge in [0.15, 0.2) is 17.5 Å². The van der Waals surface area contributed by atoms with Crippen LogP contribution in [0.4, 0.5) is 8.78 Å². The van der Waals surface area contributed by atoms with Gasteiger partial charge in [-0.3, -0.25) is 0 Å². The van der Waals surface area contributed by atoms with Gasteiger partial charge in [0.25, 0.3) is 0 Å². The molecule has 1 aromatic heterocycles. The van der Waals surface area contributed by atoms with Crippen LogP contribution < -0.4 is 5.73 Å². The van der Waals surface area contributed by atoms with Gasteiger partial charge in [-0.15, -0.1) is 5.10 Å². The van der Waals surface area contributed by atoms with Crippen molar-refractivity contribution in [1.82, 2.24) is 20.2 Å². The van der Waals surface area contributed by atoms with Gasteiger partial charge in [-0.1, -0.05) is 0 Å². The van der Waals surface area contributed by atoms with Crippen molar-refractivity contribution in [3.63, 3.8) is 0 Å². The minimum absolute atomic E-state index is 0.422. The summed E-state index contributed by atoms with van der Waals surface area (Å²) in [5, 5.41) is 11.2. The van der Waals surface area contributed by atoms with Crippen molar-refractivity contribution in [2.24, 2.45) is 5.73 Å². The zero-order chi connectivity index (χ0) is 13.0.